The molecule has 2 aromatic carbocycles. The van der Waals surface area contributed by atoms with Gasteiger partial charge in [-0.3, -0.25) is 0 Å². The summed E-state index contributed by atoms with van der Waals surface area (Å²) in [5.74, 6) is 2.11. The molecule has 3 aromatic rings. The molecule has 0 radical (unpaired) electrons. The summed E-state index contributed by atoms with van der Waals surface area (Å²) in [5, 5.41) is 6.03. The lowest BCUT2D eigenvalue weighted by atomic mass is 10.1. The lowest BCUT2D eigenvalue weighted by Crippen LogP contribution is -2.16. The molecule has 1 aromatic heterocycles. The molecule has 0 amide bonds. The van der Waals surface area contributed by atoms with Crippen LogP contribution in [0.15, 0.2) is 53.9 Å². The minimum absolute atomic E-state index is 0.479. The molecule has 0 bridgehead atoms. The lowest BCUT2D eigenvalue weighted by Gasteiger charge is -2.14. The quantitative estimate of drug-likeness (QED) is 0.452. The molecule has 0 aliphatic carbocycles. The Morgan fingerprint density at radius 3 is 2.50 bits per heavy atom. The highest BCUT2D eigenvalue weighted by molar-refractivity contribution is 7.09. The average molecular weight is 418 g/mol. The van der Waals surface area contributed by atoms with Crippen LogP contribution in [0.1, 0.15) is 16.0 Å². The van der Waals surface area contributed by atoms with Crippen molar-refractivity contribution >= 4 is 22.9 Å². The van der Waals surface area contributed by atoms with Gasteiger partial charge in [0.2, 0.25) is 0 Å². The summed E-state index contributed by atoms with van der Waals surface area (Å²) >= 11 is 8.10. The van der Waals surface area contributed by atoms with Crippen molar-refractivity contribution < 1.29 is 14.2 Å². The zero-order chi connectivity index (χ0) is 19.8. The van der Waals surface area contributed by atoms with E-state index in [1.165, 1.54) is 5.56 Å². The maximum Gasteiger partial charge on any atom is 0.180 e. The highest BCUT2D eigenvalue weighted by Gasteiger charge is 2.12. The van der Waals surface area contributed by atoms with E-state index < -0.39 is 0 Å². The Balaban J connectivity index is 1.54. The molecule has 6 heteroatoms. The Morgan fingerprint density at radius 2 is 1.82 bits per heavy atom. The fourth-order valence-electron chi connectivity index (χ4n) is 2.81. The summed E-state index contributed by atoms with van der Waals surface area (Å²) in [4.78, 5) is 1.14. The second kappa shape index (κ2) is 10.4. The number of hydrogen-bond acceptors (Lipinski definition) is 5. The Hall–Kier alpha value is -2.21. The predicted molar refractivity (Wildman–Crippen MR) is 115 cm³/mol. The van der Waals surface area contributed by atoms with E-state index in [2.05, 4.69) is 17.4 Å². The van der Waals surface area contributed by atoms with E-state index >= 15 is 0 Å². The van der Waals surface area contributed by atoms with Gasteiger partial charge in [0, 0.05) is 11.4 Å². The van der Waals surface area contributed by atoms with Gasteiger partial charge in [0.25, 0.3) is 0 Å². The summed E-state index contributed by atoms with van der Waals surface area (Å²) in [6.07, 6.45) is 0.941. The van der Waals surface area contributed by atoms with Crippen molar-refractivity contribution in [1.29, 1.82) is 0 Å². The smallest absolute Gasteiger partial charge is 0.180 e. The second-order valence-electron chi connectivity index (χ2n) is 6.25. The molecule has 0 saturated carbocycles. The number of methoxy groups -OCH3 is 2. The number of benzene rings is 2. The van der Waals surface area contributed by atoms with Gasteiger partial charge in [-0.15, -0.1) is 11.3 Å². The third-order valence-electron chi connectivity index (χ3n) is 4.31. The first-order chi connectivity index (χ1) is 13.7. The number of hydrogen-bond donors (Lipinski definition) is 1. The van der Waals surface area contributed by atoms with Crippen molar-refractivity contribution in [3.05, 3.63) is 74.9 Å². The van der Waals surface area contributed by atoms with Crippen LogP contribution in [0.5, 0.6) is 17.2 Å². The maximum atomic E-state index is 6.45. The Labute approximate surface area is 175 Å². The van der Waals surface area contributed by atoms with Gasteiger partial charge in [-0.1, -0.05) is 29.8 Å². The van der Waals surface area contributed by atoms with E-state index in [1.54, 1.807) is 25.6 Å². The van der Waals surface area contributed by atoms with Crippen LogP contribution in [-0.4, -0.2) is 20.8 Å². The number of thiophene rings is 1. The third kappa shape index (κ3) is 5.64. The molecule has 28 heavy (non-hydrogen) atoms. The molecule has 0 atom stereocenters. The number of rotatable bonds is 10. The molecule has 0 unspecified atom stereocenters. The van der Waals surface area contributed by atoms with Crippen LogP contribution >= 0.6 is 22.9 Å². The van der Waals surface area contributed by atoms with Gasteiger partial charge >= 0.3 is 0 Å². The average Bonchev–Trinajstić information content (AvgIpc) is 3.24. The van der Waals surface area contributed by atoms with Crippen LogP contribution in [0, 0.1) is 0 Å². The third-order valence-corrected chi connectivity index (χ3v) is 5.44. The molecule has 0 spiro atoms. The summed E-state index contributed by atoms with van der Waals surface area (Å²) in [5.41, 5.74) is 2.32. The van der Waals surface area contributed by atoms with Gasteiger partial charge in [-0.2, -0.15) is 0 Å². The summed E-state index contributed by atoms with van der Waals surface area (Å²) in [6, 6.07) is 16.1. The topological polar surface area (TPSA) is 39.7 Å². The molecule has 3 rings (SSSR count). The predicted octanol–water partition coefficient (Wildman–Crippen LogP) is 5.33. The first kappa shape index (κ1) is 20.5. The van der Waals surface area contributed by atoms with Gasteiger partial charge < -0.3 is 19.5 Å². The minimum atomic E-state index is 0.479. The zero-order valence-corrected chi connectivity index (χ0v) is 17.6. The first-order valence-corrected chi connectivity index (χ1v) is 10.3. The van der Waals surface area contributed by atoms with Gasteiger partial charge in [0.05, 0.1) is 19.2 Å². The standard InChI is InChI=1S/C22H24ClNO3S/c1-25-18-7-5-16(6-8-18)9-10-24-14-17-12-20(23)22(21(13-17)26-2)27-15-19-4-3-11-28-19/h3-8,11-13,24H,9-10,14-15H2,1-2H3. The van der Waals surface area contributed by atoms with Crippen molar-refractivity contribution in [2.45, 2.75) is 19.6 Å². The van der Waals surface area contributed by atoms with Crippen molar-refractivity contribution in [2.24, 2.45) is 0 Å². The summed E-state index contributed by atoms with van der Waals surface area (Å²) < 4.78 is 16.6. The van der Waals surface area contributed by atoms with Crippen molar-refractivity contribution in [2.75, 3.05) is 20.8 Å². The number of ether oxygens (including phenoxy) is 3. The van der Waals surface area contributed by atoms with Gasteiger partial charge in [-0.25, -0.2) is 0 Å². The maximum absolute atomic E-state index is 6.45. The Morgan fingerprint density at radius 1 is 1.00 bits per heavy atom. The van der Waals surface area contributed by atoms with Crippen LogP contribution in [0.3, 0.4) is 0 Å². The van der Waals surface area contributed by atoms with Gasteiger partial charge in [0.15, 0.2) is 11.5 Å². The summed E-state index contributed by atoms with van der Waals surface area (Å²) in [6.45, 7) is 2.05. The molecule has 1 N–H and O–H groups in total. The van der Waals surface area contributed by atoms with Gasteiger partial charge in [0.1, 0.15) is 12.4 Å². The van der Waals surface area contributed by atoms with Crippen molar-refractivity contribution in [3.8, 4) is 17.2 Å². The largest absolute Gasteiger partial charge is 0.497 e. The highest BCUT2D eigenvalue weighted by Crippen LogP contribution is 2.37. The van der Waals surface area contributed by atoms with Crippen LogP contribution in [0.4, 0.5) is 0 Å². The van der Waals surface area contributed by atoms with E-state index in [9.17, 15) is 0 Å². The van der Waals surface area contributed by atoms with Crippen LogP contribution in [-0.2, 0) is 19.6 Å². The van der Waals surface area contributed by atoms with Crippen molar-refractivity contribution in [3.63, 3.8) is 0 Å². The van der Waals surface area contributed by atoms with E-state index in [0.717, 1.165) is 29.2 Å². The minimum Gasteiger partial charge on any atom is -0.497 e. The molecule has 0 aliphatic heterocycles. The SMILES string of the molecule is COc1ccc(CCNCc2cc(Cl)c(OCc3cccs3)c(OC)c2)cc1. The molecular weight excluding hydrogens is 394 g/mol. The highest BCUT2D eigenvalue weighted by atomic mass is 35.5. The molecule has 0 saturated heterocycles. The van der Waals surface area contributed by atoms with Crippen LogP contribution < -0.4 is 19.5 Å². The van der Waals surface area contributed by atoms with Crippen LogP contribution in [0.25, 0.3) is 0 Å². The molecule has 4 nitrogen and oxygen atoms in total. The normalized spacial score (nSPS) is 10.7. The fraction of sp³-hybridized carbons (Fsp3) is 0.273. The number of nitrogens with one attached hydrogen (secondary N) is 1. The molecular formula is C22H24ClNO3S. The molecule has 0 aliphatic rings. The van der Waals surface area contributed by atoms with E-state index in [-0.39, 0.29) is 0 Å². The van der Waals surface area contributed by atoms with Crippen LogP contribution in [0.2, 0.25) is 5.02 Å². The lowest BCUT2D eigenvalue weighted by molar-refractivity contribution is 0.287. The van der Waals surface area contributed by atoms with E-state index in [0.29, 0.717) is 29.7 Å². The van der Waals surface area contributed by atoms with E-state index in [4.69, 9.17) is 25.8 Å². The Bertz CT molecular complexity index is 866. The molecule has 1 heterocycles. The zero-order valence-electron chi connectivity index (χ0n) is 16.0. The molecule has 0 fully saturated rings. The summed E-state index contributed by atoms with van der Waals surface area (Å²) in [7, 11) is 3.30. The molecule has 148 valence electrons. The first-order valence-electron chi connectivity index (χ1n) is 9.05. The van der Waals surface area contributed by atoms with Gasteiger partial charge in [-0.05, 0) is 59.8 Å². The Kier molecular flexibility index (Phi) is 7.60. The van der Waals surface area contributed by atoms with E-state index in [1.807, 2.05) is 41.8 Å². The number of halogens is 1. The van der Waals surface area contributed by atoms with Crippen molar-refractivity contribution in [1.82, 2.24) is 5.32 Å². The second-order valence-corrected chi connectivity index (χ2v) is 7.69. The fourth-order valence-corrected chi connectivity index (χ4v) is 3.71. The monoisotopic (exact) mass is 417 g/mol.